The maximum atomic E-state index is 14.0. The summed E-state index contributed by atoms with van der Waals surface area (Å²) in [6.07, 6.45) is 1.29. The highest BCUT2D eigenvalue weighted by Gasteiger charge is 2.33. The number of nitrogens with zero attached hydrogens (tertiary/aromatic N) is 2. The van der Waals surface area contributed by atoms with Gasteiger partial charge in [0, 0.05) is 29.6 Å². The molecule has 1 atom stereocenters. The quantitative estimate of drug-likeness (QED) is 0.289. The van der Waals surface area contributed by atoms with Gasteiger partial charge in [0.05, 0.1) is 11.9 Å². The van der Waals surface area contributed by atoms with Crippen LogP contribution in [0.15, 0.2) is 72.8 Å². The van der Waals surface area contributed by atoms with Crippen molar-refractivity contribution in [3.05, 3.63) is 99.5 Å². The Hall–Kier alpha value is -3.07. The molecule has 1 N–H and O–H groups in total. The minimum atomic E-state index is -3.84. The van der Waals surface area contributed by atoms with Crippen molar-refractivity contribution in [2.24, 2.45) is 0 Å². The molecule has 3 aromatic rings. The second kappa shape index (κ2) is 14.0. The number of anilines is 1. The van der Waals surface area contributed by atoms with Crippen LogP contribution in [0.25, 0.3) is 0 Å². The number of likely N-dealkylation sites (N-methyl/N-ethyl adjacent to an activating group) is 1. The standard InChI is InChI=1S/C30H35Cl2N3O4S/c1-5-33-30(37)28(17-22-9-7-6-8-10-22)34(19-24-11-14-25(31)18-27(24)32)29(36)20-35(40(4,38)39)26-15-12-23(13-16-26)21(2)3/h6-16,18,21,28H,5,17,19-20H2,1-4H3,(H,33,37)/t28-/m0/s1. The number of halogens is 2. The lowest BCUT2D eigenvalue weighted by atomic mass is 10.0. The van der Waals surface area contributed by atoms with Crippen LogP contribution in [0.3, 0.4) is 0 Å². The van der Waals surface area contributed by atoms with Crippen LogP contribution in [0, 0.1) is 0 Å². The van der Waals surface area contributed by atoms with Crippen molar-refractivity contribution in [3.8, 4) is 0 Å². The van der Waals surface area contributed by atoms with Gasteiger partial charge in [0.2, 0.25) is 21.8 Å². The fraction of sp³-hybridized carbons (Fsp3) is 0.333. The second-order valence-electron chi connectivity index (χ2n) is 9.87. The third kappa shape index (κ3) is 8.46. The van der Waals surface area contributed by atoms with E-state index in [-0.39, 0.29) is 24.8 Å². The first-order valence-electron chi connectivity index (χ1n) is 13.0. The number of sulfonamides is 1. The van der Waals surface area contributed by atoms with E-state index in [1.807, 2.05) is 56.3 Å². The molecule has 0 aliphatic heterocycles. The normalized spacial score (nSPS) is 12.2. The topological polar surface area (TPSA) is 86.8 Å². The summed E-state index contributed by atoms with van der Waals surface area (Å²) in [6, 6.07) is 20.4. The Bertz CT molecular complexity index is 1410. The van der Waals surface area contributed by atoms with E-state index in [1.54, 1.807) is 37.3 Å². The summed E-state index contributed by atoms with van der Waals surface area (Å²) in [5.74, 6) is -0.633. The first-order valence-corrected chi connectivity index (χ1v) is 15.6. The predicted octanol–water partition coefficient (Wildman–Crippen LogP) is 5.66. The zero-order chi connectivity index (χ0) is 29.4. The molecular weight excluding hydrogens is 569 g/mol. The van der Waals surface area contributed by atoms with Crippen molar-refractivity contribution in [1.82, 2.24) is 10.2 Å². The Labute approximate surface area is 247 Å². The summed E-state index contributed by atoms with van der Waals surface area (Å²) in [4.78, 5) is 28.8. The van der Waals surface area contributed by atoms with Gasteiger partial charge in [0.1, 0.15) is 12.6 Å². The van der Waals surface area contributed by atoms with Gasteiger partial charge in [-0.15, -0.1) is 0 Å². The number of benzene rings is 3. The number of hydrogen-bond acceptors (Lipinski definition) is 4. The Morgan fingerprint density at radius 3 is 2.15 bits per heavy atom. The number of amides is 2. The molecule has 0 aliphatic carbocycles. The number of rotatable bonds is 12. The Kier molecular flexibility index (Phi) is 11.0. The molecule has 0 bridgehead atoms. The van der Waals surface area contributed by atoms with E-state index in [9.17, 15) is 18.0 Å². The van der Waals surface area contributed by atoms with Crippen LogP contribution >= 0.6 is 23.2 Å². The van der Waals surface area contributed by atoms with E-state index < -0.39 is 28.5 Å². The highest BCUT2D eigenvalue weighted by atomic mass is 35.5. The van der Waals surface area contributed by atoms with E-state index in [1.165, 1.54) is 4.90 Å². The van der Waals surface area contributed by atoms with E-state index in [4.69, 9.17) is 23.2 Å². The van der Waals surface area contributed by atoms with Gasteiger partial charge in [-0.2, -0.15) is 0 Å². The molecule has 10 heteroatoms. The Balaban J connectivity index is 2.05. The van der Waals surface area contributed by atoms with Crippen LogP contribution in [-0.2, 0) is 32.6 Å². The molecule has 0 aliphatic rings. The van der Waals surface area contributed by atoms with E-state index in [0.29, 0.717) is 27.8 Å². The summed E-state index contributed by atoms with van der Waals surface area (Å²) in [5.41, 5.74) is 2.83. The maximum Gasteiger partial charge on any atom is 0.244 e. The van der Waals surface area contributed by atoms with Crippen molar-refractivity contribution < 1.29 is 18.0 Å². The van der Waals surface area contributed by atoms with Crippen LogP contribution in [0.2, 0.25) is 10.0 Å². The number of carbonyl (C=O) groups excluding carboxylic acids is 2. The summed E-state index contributed by atoms with van der Waals surface area (Å²) < 4.78 is 26.9. The lowest BCUT2D eigenvalue weighted by molar-refractivity contribution is -0.140. The molecule has 3 rings (SSSR count). The van der Waals surface area contributed by atoms with Gasteiger partial charge in [-0.3, -0.25) is 13.9 Å². The third-order valence-corrected chi connectivity index (χ3v) is 8.23. The summed E-state index contributed by atoms with van der Waals surface area (Å²) >= 11 is 12.6. The van der Waals surface area contributed by atoms with Crippen LogP contribution in [-0.4, -0.2) is 50.5 Å². The van der Waals surface area contributed by atoms with Gasteiger partial charge >= 0.3 is 0 Å². The van der Waals surface area contributed by atoms with Crippen LogP contribution in [0.5, 0.6) is 0 Å². The van der Waals surface area contributed by atoms with Gasteiger partial charge in [-0.25, -0.2) is 8.42 Å². The molecule has 214 valence electrons. The monoisotopic (exact) mass is 603 g/mol. The highest BCUT2D eigenvalue weighted by Crippen LogP contribution is 2.26. The van der Waals surface area contributed by atoms with Crippen molar-refractivity contribution in [2.45, 2.75) is 45.7 Å². The van der Waals surface area contributed by atoms with Crippen LogP contribution < -0.4 is 9.62 Å². The lowest BCUT2D eigenvalue weighted by Crippen LogP contribution is -2.53. The third-order valence-electron chi connectivity index (χ3n) is 6.50. The van der Waals surface area contributed by atoms with Crippen molar-refractivity contribution >= 4 is 50.7 Å². The Morgan fingerprint density at radius 2 is 1.60 bits per heavy atom. The molecule has 0 aromatic heterocycles. The molecule has 0 heterocycles. The molecular formula is C30H35Cl2N3O4S. The fourth-order valence-electron chi connectivity index (χ4n) is 4.32. The van der Waals surface area contributed by atoms with Crippen molar-refractivity contribution in [1.29, 1.82) is 0 Å². The number of hydrogen-bond donors (Lipinski definition) is 1. The molecule has 0 fully saturated rings. The maximum absolute atomic E-state index is 14.0. The van der Waals surface area contributed by atoms with Gasteiger partial charge < -0.3 is 10.2 Å². The molecule has 0 saturated heterocycles. The molecule has 2 amide bonds. The number of carbonyl (C=O) groups is 2. The average molecular weight is 605 g/mol. The zero-order valence-electron chi connectivity index (χ0n) is 23.1. The molecule has 0 unspecified atom stereocenters. The molecule has 0 spiro atoms. The molecule has 0 radical (unpaired) electrons. The fourth-order valence-corrected chi connectivity index (χ4v) is 5.64. The summed E-state index contributed by atoms with van der Waals surface area (Å²) in [5, 5.41) is 3.60. The number of nitrogens with one attached hydrogen (secondary N) is 1. The first-order chi connectivity index (χ1) is 18.9. The van der Waals surface area contributed by atoms with Gasteiger partial charge in [0.25, 0.3) is 0 Å². The molecule has 7 nitrogen and oxygen atoms in total. The van der Waals surface area contributed by atoms with Crippen LogP contribution in [0.1, 0.15) is 43.4 Å². The van der Waals surface area contributed by atoms with Gasteiger partial charge in [0.15, 0.2) is 0 Å². The van der Waals surface area contributed by atoms with Crippen molar-refractivity contribution in [3.63, 3.8) is 0 Å². The van der Waals surface area contributed by atoms with E-state index in [0.717, 1.165) is 21.7 Å². The van der Waals surface area contributed by atoms with E-state index in [2.05, 4.69) is 5.32 Å². The Morgan fingerprint density at radius 1 is 0.950 bits per heavy atom. The zero-order valence-corrected chi connectivity index (χ0v) is 25.4. The summed E-state index contributed by atoms with van der Waals surface area (Å²) in [6.45, 7) is 5.74. The predicted molar refractivity (Wildman–Crippen MR) is 162 cm³/mol. The SMILES string of the molecule is CCNC(=O)[C@H](Cc1ccccc1)N(Cc1ccc(Cl)cc1Cl)C(=O)CN(c1ccc(C(C)C)cc1)S(C)(=O)=O. The highest BCUT2D eigenvalue weighted by molar-refractivity contribution is 7.92. The minimum Gasteiger partial charge on any atom is -0.355 e. The van der Waals surface area contributed by atoms with E-state index >= 15 is 0 Å². The smallest absolute Gasteiger partial charge is 0.244 e. The van der Waals surface area contributed by atoms with Gasteiger partial charge in [-0.1, -0.05) is 85.6 Å². The largest absolute Gasteiger partial charge is 0.355 e. The second-order valence-corrected chi connectivity index (χ2v) is 12.6. The molecule has 3 aromatic carbocycles. The van der Waals surface area contributed by atoms with Crippen LogP contribution in [0.4, 0.5) is 5.69 Å². The summed E-state index contributed by atoms with van der Waals surface area (Å²) in [7, 11) is -3.84. The molecule has 40 heavy (non-hydrogen) atoms. The lowest BCUT2D eigenvalue weighted by Gasteiger charge is -2.33. The molecule has 0 saturated carbocycles. The van der Waals surface area contributed by atoms with Gasteiger partial charge in [-0.05, 0) is 53.8 Å². The first kappa shape index (κ1) is 31.5. The minimum absolute atomic E-state index is 0.0205. The average Bonchev–Trinajstić information content (AvgIpc) is 2.90. The van der Waals surface area contributed by atoms with Crippen molar-refractivity contribution in [2.75, 3.05) is 23.7 Å².